The van der Waals surface area contributed by atoms with Crippen molar-refractivity contribution in [3.8, 4) is 23.0 Å². The first-order chi connectivity index (χ1) is 25.1. The number of esters is 2. The number of benzene rings is 4. The van der Waals surface area contributed by atoms with Crippen molar-refractivity contribution in [3.05, 3.63) is 116 Å². The van der Waals surface area contributed by atoms with Crippen molar-refractivity contribution < 1.29 is 38.1 Å². The monoisotopic (exact) mass is 834 g/mol. The first kappa shape index (κ1) is 39.4. The van der Waals surface area contributed by atoms with Crippen LogP contribution in [-0.4, -0.2) is 50.4 Å². The molecule has 12 nitrogen and oxygen atoms in total. The van der Waals surface area contributed by atoms with E-state index in [1.807, 2.05) is 0 Å². The van der Waals surface area contributed by atoms with Crippen molar-refractivity contribution in [1.82, 2.24) is 10.9 Å². The van der Waals surface area contributed by atoms with Gasteiger partial charge in [0, 0.05) is 21.8 Å². The van der Waals surface area contributed by atoms with Gasteiger partial charge in [0.05, 0.1) is 37.8 Å². The molecule has 0 saturated heterocycles. The Hall–Kier alpha value is -5.34. The van der Waals surface area contributed by atoms with E-state index in [-0.39, 0.29) is 36.2 Å². The van der Waals surface area contributed by atoms with Crippen LogP contribution in [0.15, 0.2) is 104 Å². The molecule has 270 valence electrons. The Morgan fingerprint density at radius 1 is 0.558 bits per heavy atom. The lowest BCUT2D eigenvalue weighted by Crippen LogP contribution is -2.17. The fraction of sp³-hybridized carbons (Fsp3) is 0.211. The summed E-state index contributed by atoms with van der Waals surface area (Å²) in [5.41, 5.74) is 7.07. The average Bonchev–Trinajstić information content (AvgIpc) is 3.14. The van der Waals surface area contributed by atoms with Crippen LogP contribution in [0.2, 0.25) is 0 Å². The van der Waals surface area contributed by atoms with E-state index in [1.54, 1.807) is 84.9 Å². The highest BCUT2D eigenvalue weighted by atomic mass is 79.9. The number of methoxy groups -OCH3 is 2. The summed E-state index contributed by atoms with van der Waals surface area (Å²) in [4.78, 5) is 49.4. The van der Waals surface area contributed by atoms with Crippen LogP contribution in [0, 0.1) is 0 Å². The first-order valence-corrected chi connectivity index (χ1v) is 17.7. The summed E-state index contributed by atoms with van der Waals surface area (Å²) in [6.07, 6.45) is 6.33. The number of carbonyl (C=O) groups excluding carboxylic acids is 4. The number of nitrogens with one attached hydrogen (secondary N) is 2. The van der Waals surface area contributed by atoms with Gasteiger partial charge in [-0.3, -0.25) is 9.59 Å². The quantitative estimate of drug-likeness (QED) is 0.0363. The van der Waals surface area contributed by atoms with E-state index in [0.29, 0.717) is 46.6 Å². The Bertz CT molecular complexity index is 1780. The number of ether oxygens (including phenoxy) is 4. The molecule has 0 saturated carbocycles. The highest BCUT2D eigenvalue weighted by molar-refractivity contribution is 9.10. The van der Waals surface area contributed by atoms with E-state index in [4.69, 9.17) is 18.9 Å². The molecule has 2 N–H and O–H groups in total. The summed E-state index contributed by atoms with van der Waals surface area (Å²) in [6.45, 7) is 0. The Labute approximate surface area is 317 Å². The minimum absolute atomic E-state index is 0.234. The van der Waals surface area contributed by atoms with Gasteiger partial charge in [0.25, 0.3) is 0 Å². The summed E-state index contributed by atoms with van der Waals surface area (Å²) in [7, 11) is 2.93. The smallest absolute Gasteiger partial charge is 0.343 e. The second kappa shape index (κ2) is 20.5. The number of hydrogen-bond acceptors (Lipinski definition) is 10. The summed E-state index contributed by atoms with van der Waals surface area (Å²) in [5.74, 6) is -0.320. The molecule has 14 heteroatoms. The molecule has 0 aromatic heterocycles. The zero-order valence-corrected chi connectivity index (χ0v) is 31.6. The Morgan fingerprint density at radius 2 is 0.942 bits per heavy atom. The van der Waals surface area contributed by atoms with E-state index < -0.39 is 11.9 Å². The fourth-order valence-corrected chi connectivity index (χ4v) is 5.11. The van der Waals surface area contributed by atoms with Crippen LogP contribution >= 0.6 is 31.9 Å². The largest absolute Gasteiger partial charge is 0.493 e. The van der Waals surface area contributed by atoms with Crippen molar-refractivity contribution in [2.45, 2.75) is 38.5 Å². The molecule has 0 atom stereocenters. The molecular weight excluding hydrogens is 800 g/mol. The number of rotatable bonds is 17. The van der Waals surface area contributed by atoms with Crippen molar-refractivity contribution in [1.29, 1.82) is 0 Å². The van der Waals surface area contributed by atoms with Crippen LogP contribution in [0.25, 0.3) is 0 Å². The molecule has 0 heterocycles. The Balaban J connectivity index is 1.10. The van der Waals surface area contributed by atoms with Crippen LogP contribution in [0.1, 0.15) is 70.4 Å². The van der Waals surface area contributed by atoms with Crippen LogP contribution in [-0.2, 0) is 9.59 Å². The van der Waals surface area contributed by atoms with Gasteiger partial charge < -0.3 is 18.9 Å². The second-order valence-electron chi connectivity index (χ2n) is 11.1. The van der Waals surface area contributed by atoms with E-state index in [9.17, 15) is 19.2 Å². The zero-order valence-electron chi connectivity index (χ0n) is 28.4. The number of halogens is 2. The summed E-state index contributed by atoms with van der Waals surface area (Å²) >= 11 is 6.67. The first-order valence-electron chi connectivity index (χ1n) is 16.1. The molecule has 0 aliphatic carbocycles. The van der Waals surface area contributed by atoms with Gasteiger partial charge in [0.15, 0.2) is 23.0 Å². The van der Waals surface area contributed by atoms with Crippen molar-refractivity contribution in [2.24, 2.45) is 10.2 Å². The van der Waals surface area contributed by atoms with Crippen LogP contribution < -0.4 is 29.8 Å². The second-order valence-corrected chi connectivity index (χ2v) is 12.9. The molecule has 0 aliphatic rings. The van der Waals surface area contributed by atoms with Gasteiger partial charge in [-0.15, -0.1) is 0 Å². The normalized spacial score (nSPS) is 10.9. The van der Waals surface area contributed by atoms with Gasteiger partial charge in [-0.05, 0) is 109 Å². The minimum Gasteiger partial charge on any atom is -0.493 e. The molecule has 0 aliphatic heterocycles. The molecule has 0 spiro atoms. The minimum atomic E-state index is -0.519. The highest BCUT2D eigenvalue weighted by Crippen LogP contribution is 2.30. The molecule has 4 aromatic rings. The lowest BCUT2D eigenvalue weighted by molar-refractivity contribution is -0.122. The molecule has 4 rings (SSSR count). The standard InChI is InChI=1S/C38H36Br2N4O8/c1-49-33-21-25(9-19-31(33)51-37(47)27-11-15-29(39)16-12-27)23-41-43-35(45)7-5-3-4-6-8-36(46)44-42-24-26-10-20-32(34(22-26)50-2)52-38(48)28-13-17-30(40)18-14-28/h9-24H,3-8H2,1-2H3,(H,43,45)(H,44,46). The maximum Gasteiger partial charge on any atom is 0.343 e. The maximum absolute atomic E-state index is 12.5. The lowest BCUT2D eigenvalue weighted by atomic mass is 10.1. The number of amides is 2. The summed E-state index contributed by atoms with van der Waals surface area (Å²) in [5, 5.41) is 8.01. The molecule has 4 aromatic carbocycles. The Kier molecular flexibility index (Phi) is 15.5. The number of carbonyl (C=O) groups is 4. The van der Waals surface area contributed by atoms with Gasteiger partial charge in [-0.25, -0.2) is 20.4 Å². The third-order valence-electron chi connectivity index (χ3n) is 7.30. The van der Waals surface area contributed by atoms with Gasteiger partial charge in [-0.1, -0.05) is 44.7 Å². The van der Waals surface area contributed by atoms with Crippen molar-refractivity contribution in [3.63, 3.8) is 0 Å². The van der Waals surface area contributed by atoms with E-state index in [2.05, 4.69) is 52.9 Å². The fourth-order valence-electron chi connectivity index (χ4n) is 4.58. The van der Waals surface area contributed by atoms with E-state index >= 15 is 0 Å². The molecular formula is C38H36Br2N4O8. The number of hydrogen-bond donors (Lipinski definition) is 2. The van der Waals surface area contributed by atoms with Crippen LogP contribution in [0.4, 0.5) is 0 Å². The molecule has 52 heavy (non-hydrogen) atoms. The van der Waals surface area contributed by atoms with Crippen LogP contribution in [0.5, 0.6) is 23.0 Å². The predicted molar refractivity (Wildman–Crippen MR) is 203 cm³/mol. The number of unbranched alkanes of at least 4 members (excludes halogenated alkanes) is 3. The topological polar surface area (TPSA) is 154 Å². The number of nitrogens with zero attached hydrogens (tertiary/aromatic N) is 2. The third kappa shape index (κ3) is 12.8. The van der Waals surface area contributed by atoms with E-state index in [0.717, 1.165) is 21.8 Å². The van der Waals surface area contributed by atoms with Gasteiger partial charge in [0.2, 0.25) is 11.8 Å². The zero-order chi connectivity index (χ0) is 37.3. The van der Waals surface area contributed by atoms with Crippen LogP contribution in [0.3, 0.4) is 0 Å². The summed E-state index contributed by atoms with van der Waals surface area (Å²) in [6, 6.07) is 23.4. The van der Waals surface area contributed by atoms with E-state index in [1.165, 1.54) is 26.6 Å². The third-order valence-corrected chi connectivity index (χ3v) is 8.36. The average molecular weight is 837 g/mol. The van der Waals surface area contributed by atoms with Crippen molar-refractivity contribution >= 4 is 68.0 Å². The number of hydrazone groups is 2. The maximum atomic E-state index is 12.5. The van der Waals surface area contributed by atoms with Gasteiger partial charge in [0.1, 0.15) is 0 Å². The molecule has 2 amide bonds. The SMILES string of the molecule is COc1cc(C=NNC(=O)CCCCCCC(=O)NN=Cc2ccc(OC(=O)c3ccc(Br)cc3)c(OC)c2)ccc1OC(=O)c1ccc(Br)cc1. The van der Waals surface area contributed by atoms with Crippen molar-refractivity contribution in [2.75, 3.05) is 14.2 Å². The molecule has 0 bridgehead atoms. The predicted octanol–water partition coefficient (Wildman–Crippen LogP) is 7.61. The molecule has 0 fully saturated rings. The van der Waals surface area contributed by atoms with Gasteiger partial charge in [-0.2, -0.15) is 10.2 Å². The molecule has 0 unspecified atom stereocenters. The molecule has 0 radical (unpaired) electrons. The Morgan fingerprint density at radius 3 is 1.31 bits per heavy atom. The summed E-state index contributed by atoms with van der Waals surface area (Å²) < 4.78 is 23.4. The highest BCUT2D eigenvalue weighted by Gasteiger charge is 2.14. The lowest BCUT2D eigenvalue weighted by Gasteiger charge is -2.10. The van der Waals surface area contributed by atoms with Gasteiger partial charge >= 0.3 is 11.9 Å².